The molecule has 3 nitrogen and oxygen atoms in total. The average molecular weight is 363 g/mol. The molecule has 0 N–H and O–H groups in total. The van der Waals surface area contributed by atoms with Crippen LogP contribution >= 0.6 is 0 Å². The lowest BCUT2D eigenvalue weighted by Crippen LogP contribution is -2.48. The second-order valence-electron chi connectivity index (χ2n) is 6.59. The van der Waals surface area contributed by atoms with E-state index in [1.807, 2.05) is 13.8 Å². The Morgan fingerprint density at radius 3 is 2.15 bits per heavy atom. The molecule has 0 unspecified atom stereocenters. The van der Waals surface area contributed by atoms with Crippen LogP contribution in [-0.2, 0) is 10.9 Å². The van der Waals surface area contributed by atoms with E-state index in [0.29, 0.717) is 29.8 Å². The molecule has 0 bridgehead atoms. The Hall–Kier alpha value is -2.34. The van der Waals surface area contributed by atoms with Gasteiger partial charge in [0.2, 0.25) is 0 Å². The number of halogens is 3. The van der Waals surface area contributed by atoms with Crippen LogP contribution in [0.3, 0.4) is 0 Å². The van der Waals surface area contributed by atoms with Crippen molar-refractivity contribution in [2.45, 2.75) is 32.2 Å². The van der Waals surface area contributed by atoms with Gasteiger partial charge < -0.3 is 9.64 Å². The van der Waals surface area contributed by atoms with Crippen molar-refractivity contribution in [3.8, 4) is 11.1 Å². The maximum absolute atomic E-state index is 13.0. The molecular formula is C20H20F3NO2. The molecule has 138 valence electrons. The minimum atomic E-state index is -4.38. The Kier molecular flexibility index (Phi) is 5.05. The lowest BCUT2D eigenvalue weighted by atomic mass is 9.97. The van der Waals surface area contributed by atoms with Crippen molar-refractivity contribution < 1.29 is 22.7 Å². The smallest absolute Gasteiger partial charge is 0.372 e. The first-order valence-corrected chi connectivity index (χ1v) is 8.47. The van der Waals surface area contributed by atoms with Crippen molar-refractivity contribution in [2.24, 2.45) is 0 Å². The highest BCUT2D eigenvalue weighted by molar-refractivity contribution is 6.01. The summed E-state index contributed by atoms with van der Waals surface area (Å²) in [5.74, 6) is -0.137. The van der Waals surface area contributed by atoms with E-state index in [2.05, 4.69) is 0 Å². The van der Waals surface area contributed by atoms with Crippen molar-refractivity contribution >= 4 is 5.91 Å². The Morgan fingerprint density at radius 1 is 1.00 bits per heavy atom. The van der Waals surface area contributed by atoms with E-state index >= 15 is 0 Å². The highest BCUT2D eigenvalue weighted by atomic mass is 19.4. The number of carbonyl (C=O) groups is 1. The molecule has 0 aliphatic carbocycles. The molecule has 1 saturated heterocycles. The van der Waals surface area contributed by atoms with Crippen LogP contribution in [0.1, 0.15) is 29.8 Å². The molecule has 2 aromatic carbocycles. The van der Waals surface area contributed by atoms with E-state index in [-0.39, 0.29) is 18.1 Å². The number of hydrogen-bond donors (Lipinski definition) is 0. The number of morpholine rings is 1. The standard InChI is InChI=1S/C20H20F3NO2/c1-13-11-24(12-14(2)26-13)19(25)18-6-4-3-5-17(18)15-7-9-16(10-8-15)20(21,22)23/h3-10,13-14H,11-12H2,1-2H3/t13-,14-/m1/s1. The fourth-order valence-corrected chi connectivity index (χ4v) is 3.27. The topological polar surface area (TPSA) is 29.5 Å². The lowest BCUT2D eigenvalue weighted by molar-refractivity contribution is -0.137. The van der Waals surface area contributed by atoms with Crippen molar-refractivity contribution in [3.05, 3.63) is 59.7 Å². The molecule has 2 atom stereocenters. The molecule has 6 heteroatoms. The number of amides is 1. The third kappa shape index (κ3) is 3.90. The molecular weight excluding hydrogens is 343 g/mol. The predicted octanol–water partition coefficient (Wildman–Crippen LogP) is 4.62. The van der Waals surface area contributed by atoms with Crippen LogP contribution in [0, 0.1) is 0 Å². The number of rotatable bonds is 2. The van der Waals surface area contributed by atoms with Crippen LogP contribution in [0.4, 0.5) is 13.2 Å². The molecule has 1 aliphatic heterocycles. The van der Waals surface area contributed by atoms with Gasteiger partial charge in [0.15, 0.2) is 0 Å². The van der Waals surface area contributed by atoms with E-state index < -0.39 is 11.7 Å². The third-order valence-electron chi connectivity index (χ3n) is 4.39. The van der Waals surface area contributed by atoms with Crippen LogP contribution in [0.25, 0.3) is 11.1 Å². The highest BCUT2D eigenvalue weighted by Crippen LogP contribution is 2.32. The minimum Gasteiger partial charge on any atom is -0.372 e. The zero-order valence-electron chi connectivity index (χ0n) is 14.6. The SMILES string of the molecule is C[C@@H]1CN(C(=O)c2ccccc2-c2ccc(C(F)(F)F)cc2)C[C@@H](C)O1. The summed E-state index contributed by atoms with van der Waals surface area (Å²) in [6.45, 7) is 4.81. The van der Waals surface area contributed by atoms with Crippen LogP contribution in [0.2, 0.25) is 0 Å². The normalized spacial score (nSPS) is 20.9. The zero-order valence-corrected chi connectivity index (χ0v) is 14.6. The van der Waals surface area contributed by atoms with E-state index in [0.717, 1.165) is 12.1 Å². The van der Waals surface area contributed by atoms with Gasteiger partial charge in [-0.3, -0.25) is 4.79 Å². The molecule has 26 heavy (non-hydrogen) atoms. The quantitative estimate of drug-likeness (QED) is 0.779. The first kappa shape index (κ1) is 18.5. The summed E-state index contributed by atoms with van der Waals surface area (Å²) >= 11 is 0. The molecule has 0 spiro atoms. The fraction of sp³-hybridized carbons (Fsp3) is 0.350. The number of alkyl halides is 3. The van der Waals surface area contributed by atoms with Crippen LogP contribution < -0.4 is 0 Å². The zero-order chi connectivity index (χ0) is 18.9. The minimum absolute atomic E-state index is 0.0547. The maximum atomic E-state index is 13.0. The van der Waals surface area contributed by atoms with Gasteiger partial charge in [-0.05, 0) is 43.2 Å². The predicted molar refractivity (Wildman–Crippen MR) is 92.8 cm³/mol. The first-order chi connectivity index (χ1) is 12.3. The van der Waals surface area contributed by atoms with Crippen molar-refractivity contribution in [3.63, 3.8) is 0 Å². The monoisotopic (exact) mass is 363 g/mol. The molecule has 1 amide bonds. The average Bonchev–Trinajstić information content (AvgIpc) is 2.59. The summed E-state index contributed by atoms with van der Waals surface area (Å²) in [7, 11) is 0. The Labute approximate surface area is 150 Å². The summed E-state index contributed by atoms with van der Waals surface area (Å²) in [4.78, 5) is 14.7. The summed E-state index contributed by atoms with van der Waals surface area (Å²) in [6, 6.07) is 11.9. The first-order valence-electron chi connectivity index (χ1n) is 8.47. The second kappa shape index (κ2) is 7.11. The molecule has 0 aromatic heterocycles. The van der Waals surface area contributed by atoms with Gasteiger partial charge in [-0.15, -0.1) is 0 Å². The third-order valence-corrected chi connectivity index (χ3v) is 4.39. The Bertz CT molecular complexity index is 776. The fourth-order valence-electron chi connectivity index (χ4n) is 3.27. The van der Waals surface area contributed by atoms with Gasteiger partial charge in [0.1, 0.15) is 0 Å². The number of benzene rings is 2. The van der Waals surface area contributed by atoms with Gasteiger partial charge in [-0.25, -0.2) is 0 Å². The second-order valence-corrected chi connectivity index (χ2v) is 6.59. The van der Waals surface area contributed by atoms with Gasteiger partial charge in [0.25, 0.3) is 5.91 Å². The number of carbonyl (C=O) groups excluding carboxylic acids is 1. The molecule has 2 aromatic rings. The Balaban J connectivity index is 1.92. The molecule has 1 aliphatic rings. The van der Waals surface area contributed by atoms with Gasteiger partial charge in [-0.1, -0.05) is 30.3 Å². The molecule has 1 heterocycles. The van der Waals surface area contributed by atoms with E-state index in [1.165, 1.54) is 12.1 Å². The molecule has 0 saturated carbocycles. The maximum Gasteiger partial charge on any atom is 0.416 e. The van der Waals surface area contributed by atoms with E-state index in [9.17, 15) is 18.0 Å². The van der Waals surface area contributed by atoms with Crippen LogP contribution in [-0.4, -0.2) is 36.1 Å². The van der Waals surface area contributed by atoms with Gasteiger partial charge in [0.05, 0.1) is 17.8 Å². The van der Waals surface area contributed by atoms with Gasteiger partial charge >= 0.3 is 6.18 Å². The van der Waals surface area contributed by atoms with Gasteiger partial charge in [-0.2, -0.15) is 13.2 Å². The lowest BCUT2D eigenvalue weighted by Gasteiger charge is -2.35. The summed E-state index contributed by atoms with van der Waals surface area (Å²) < 4.78 is 44.0. The van der Waals surface area contributed by atoms with E-state index in [4.69, 9.17) is 4.74 Å². The van der Waals surface area contributed by atoms with Crippen LogP contribution in [0.5, 0.6) is 0 Å². The Morgan fingerprint density at radius 2 is 1.58 bits per heavy atom. The number of hydrogen-bond acceptors (Lipinski definition) is 2. The van der Waals surface area contributed by atoms with Crippen molar-refractivity contribution in [1.82, 2.24) is 4.90 Å². The van der Waals surface area contributed by atoms with E-state index in [1.54, 1.807) is 29.2 Å². The van der Waals surface area contributed by atoms with Crippen LogP contribution in [0.15, 0.2) is 48.5 Å². The van der Waals surface area contributed by atoms with Crippen molar-refractivity contribution in [1.29, 1.82) is 0 Å². The number of ether oxygens (including phenoxy) is 1. The van der Waals surface area contributed by atoms with Gasteiger partial charge in [0, 0.05) is 18.7 Å². The molecule has 0 radical (unpaired) electrons. The summed E-state index contributed by atoms with van der Waals surface area (Å²) in [5, 5.41) is 0. The highest BCUT2D eigenvalue weighted by Gasteiger charge is 2.31. The number of nitrogens with zero attached hydrogens (tertiary/aromatic N) is 1. The summed E-state index contributed by atoms with van der Waals surface area (Å²) in [6.07, 6.45) is -4.49. The molecule has 1 fully saturated rings. The summed E-state index contributed by atoms with van der Waals surface area (Å²) in [5.41, 5.74) is 0.976. The van der Waals surface area contributed by atoms with Crippen molar-refractivity contribution in [2.75, 3.05) is 13.1 Å². The molecule has 3 rings (SSSR count). The largest absolute Gasteiger partial charge is 0.416 e.